The highest BCUT2D eigenvalue weighted by molar-refractivity contribution is 5.93. The average molecular weight is 504 g/mol. The van der Waals surface area contributed by atoms with E-state index in [0.717, 1.165) is 20.1 Å². The predicted molar refractivity (Wildman–Crippen MR) is 122 cm³/mol. The molecule has 36 heavy (non-hydrogen) atoms. The molecule has 0 spiro atoms. The van der Waals surface area contributed by atoms with E-state index in [1.54, 1.807) is 0 Å². The number of aromatic hydroxyl groups is 3. The van der Waals surface area contributed by atoms with Crippen LogP contribution in [-0.4, -0.2) is 74.7 Å². The minimum atomic E-state index is -1.85. The first-order chi connectivity index (χ1) is 17.0. The van der Waals surface area contributed by atoms with Crippen LogP contribution in [-0.2, 0) is 14.3 Å². The lowest BCUT2D eigenvalue weighted by Gasteiger charge is -2.40. The normalized spacial score (nSPS) is 24.0. The van der Waals surface area contributed by atoms with Crippen molar-refractivity contribution in [1.82, 2.24) is 0 Å². The Morgan fingerprint density at radius 3 is 2.28 bits per heavy atom. The van der Waals surface area contributed by atoms with E-state index in [4.69, 9.17) is 18.6 Å². The summed E-state index contributed by atoms with van der Waals surface area (Å²) >= 11 is 0. The molecule has 6 N–H and O–H groups in total. The van der Waals surface area contributed by atoms with Crippen LogP contribution in [0.4, 0.5) is 0 Å². The lowest BCUT2D eigenvalue weighted by molar-refractivity contribution is -0.234. The summed E-state index contributed by atoms with van der Waals surface area (Å²) in [6.45, 7) is 0.634. The highest BCUT2D eigenvalue weighted by atomic mass is 16.6. The number of fused-ring (bicyclic) bond motifs is 1. The van der Waals surface area contributed by atoms with Gasteiger partial charge in [0, 0.05) is 18.6 Å². The van der Waals surface area contributed by atoms with E-state index in [-0.39, 0.29) is 22.7 Å². The summed E-state index contributed by atoms with van der Waals surface area (Å²) in [5, 5.41) is 62.3. The molecule has 1 fully saturated rings. The quantitative estimate of drug-likeness (QED) is 0.266. The second kappa shape index (κ2) is 9.66. The Bertz CT molecular complexity index is 1350. The fraction of sp³-hybridized carbons (Fsp3) is 0.333. The second-order valence-corrected chi connectivity index (χ2v) is 8.24. The van der Waals surface area contributed by atoms with Crippen molar-refractivity contribution < 1.29 is 54.1 Å². The van der Waals surface area contributed by atoms with Crippen LogP contribution < -0.4 is 10.2 Å². The van der Waals surface area contributed by atoms with Gasteiger partial charge in [-0.15, -0.1) is 0 Å². The number of rotatable bonds is 5. The van der Waals surface area contributed by atoms with Gasteiger partial charge in [0.2, 0.25) is 5.75 Å². The second-order valence-electron chi connectivity index (χ2n) is 8.24. The topological polar surface area (TPSA) is 196 Å². The molecule has 12 heteroatoms. The Morgan fingerprint density at radius 1 is 1.00 bits per heavy atom. The molecule has 0 radical (unpaired) electrons. The van der Waals surface area contributed by atoms with Gasteiger partial charge in [0.15, 0.2) is 22.5 Å². The third-order valence-corrected chi connectivity index (χ3v) is 5.92. The first kappa shape index (κ1) is 25.3. The molecule has 2 aromatic carbocycles. The van der Waals surface area contributed by atoms with Gasteiger partial charge in [-0.3, -0.25) is 9.59 Å². The first-order valence-electron chi connectivity index (χ1n) is 10.8. The molecule has 12 nitrogen and oxygen atoms in total. The van der Waals surface area contributed by atoms with Crippen molar-refractivity contribution in [3.8, 4) is 34.3 Å². The van der Waals surface area contributed by atoms with Gasteiger partial charge in [-0.2, -0.15) is 0 Å². The standard InChI is InChI=1S/C24H24O12/c1-9(25)34-8-14-17(28)20(31)21(32)23(36-14)16-19(30)24(33-2)18(29)15-12(27)7-13(35-22(15)16)10-3-5-11(26)6-4-10/h3-7,14,17,20-21,23,26,28-32H,8H2,1-2H3. The van der Waals surface area contributed by atoms with E-state index in [0.29, 0.717) is 5.56 Å². The average Bonchev–Trinajstić information content (AvgIpc) is 2.83. The highest BCUT2D eigenvalue weighted by Gasteiger charge is 2.47. The van der Waals surface area contributed by atoms with Gasteiger partial charge in [0.05, 0.1) is 12.7 Å². The van der Waals surface area contributed by atoms with Gasteiger partial charge < -0.3 is 49.3 Å². The number of ether oxygens (including phenoxy) is 3. The summed E-state index contributed by atoms with van der Waals surface area (Å²) in [7, 11) is 1.12. The van der Waals surface area contributed by atoms with Crippen molar-refractivity contribution in [2.75, 3.05) is 13.7 Å². The van der Waals surface area contributed by atoms with Crippen LogP contribution in [0.1, 0.15) is 18.6 Å². The molecule has 0 saturated carbocycles. The summed E-state index contributed by atoms with van der Waals surface area (Å²) < 4.78 is 21.5. The number of hydrogen-bond acceptors (Lipinski definition) is 12. The first-order valence-corrected chi connectivity index (χ1v) is 10.8. The Labute approximate surface area is 203 Å². The van der Waals surface area contributed by atoms with Gasteiger partial charge in [-0.25, -0.2) is 0 Å². The molecule has 0 aliphatic carbocycles. The molecule has 0 bridgehead atoms. The number of carbonyl (C=O) groups excluding carboxylic acids is 1. The van der Waals surface area contributed by atoms with Crippen molar-refractivity contribution in [2.24, 2.45) is 0 Å². The fourth-order valence-electron chi connectivity index (χ4n) is 4.11. The van der Waals surface area contributed by atoms with Gasteiger partial charge in [-0.1, -0.05) is 0 Å². The van der Waals surface area contributed by atoms with Crippen molar-refractivity contribution in [2.45, 2.75) is 37.4 Å². The van der Waals surface area contributed by atoms with Crippen LogP contribution >= 0.6 is 0 Å². The van der Waals surface area contributed by atoms with Crippen LogP contribution in [0, 0.1) is 0 Å². The summed E-state index contributed by atoms with van der Waals surface area (Å²) in [5.74, 6) is -2.75. The number of benzene rings is 2. The Balaban J connectivity index is 1.96. The summed E-state index contributed by atoms with van der Waals surface area (Å²) in [4.78, 5) is 24.3. The molecule has 4 rings (SSSR count). The zero-order chi connectivity index (χ0) is 26.3. The molecule has 0 amide bonds. The number of phenolic OH excluding ortho intramolecular Hbond substituents is 3. The van der Waals surface area contributed by atoms with Gasteiger partial charge in [0.25, 0.3) is 0 Å². The molecule has 1 aliphatic heterocycles. The van der Waals surface area contributed by atoms with Crippen LogP contribution in [0.2, 0.25) is 0 Å². The number of methoxy groups -OCH3 is 1. The third kappa shape index (κ3) is 4.31. The number of aliphatic hydroxyl groups is 3. The Kier molecular flexibility index (Phi) is 6.78. The maximum Gasteiger partial charge on any atom is 0.302 e. The van der Waals surface area contributed by atoms with E-state index < -0.39 is 71.2 Å². The van der Waals surface area contributed by atoms with E-state index in [9.17, 15) is 40.2 Å². The lowest BCUT2D eigenvalue weighted by atomic mass is 9.89. The minimum Gasteiger partial charge on any atom is -0.508 e. The van der Waals surface area contributed by atoms with Crippen molar-refractivity contribution in [1.29, 1.82) is 0 Å². The zero-order valence-corrected chi connectivity index (χ0v) is 19.1. The molecular formula is C24H24O12. The number of hydrogen-bond donors (Lipinski definition) is 6. The SMILES string of the molecule is COc1c(O)c(C2OC(COC(C)=O)C(O)C(O)C2O)c2oc(-c3ccc(O)cc3)cc(=O)c2c1O. The van der Waals surface area contributed by atoms with Gasteiger partial charge in [-0.05, 0) is 24.3 Å². The fourth-order valence-corrected chi connectivity index (χ4v) is 4.11. The molecule has 1 aromatic heterocycles. The molecule has 5 unspecified atom stereocenters. The molecule has 192 valence electrons. The van der Waals surface area contributed by atoms with Crippen LogP contribution in [0.5, 0.6) is 23.0 Å². The summed E-state index contributed by atoms with van der Waals surface area (Å²) in [6, 6.07) is 6.71. The number of carbonyl (C=O) groups is 1. The molecule has 2 heterocycles. The zero-order valence-electron chi connectivity index (χ0n) is 19.1. The Morgan fingerprint density at radius 2 is 1.67 bits per heavy atom. The van der Waals surface area contributed by atoms with E-state index in [1.807, 2.05) is 0 Å². The molecule has 1 saturated heterocycles. The lowest BCUT2D eigenvalue weighted by Crippen LogP contribution is -2.55. The van der Waals surface area contributed by atoms with Crippen molar-refractivity contribution in [3.63, 3.8) is 0 Å². The van der Waals surface area contributed by atoms with E-state index in [2.05, 4.69) is 0 Å². The molecular weight excluding hydrogens is 480 g/mol. The van der Waals surface area contributed by atoms with Crippen LogP contribution in [0.25, 0.3) is 22.3 Å². The van der Waals surface area contributed by atoms with Crippen molar-refractivity contribution >= 4 is 16.9 Å². The molecule has 5 atom stereocenters. The summed E-state index contributed by atoms with van der Waals surface area (Å²) in [5.41, 5.74) is -1.12. The highest BCUT2D eigenvalue weighted by Crippen LogP contribution is 2.50. The molecule has 3 aromatic rings. The number of phenols is 3. The van der Waals surface area contributed by atoms with Crippen molar-refractivity contribution in [3.05, 3.63) is 46.1 Å². The maximum atomic E-state index is 13.1. The van der Waals surface area contributed by atoms with Gasteiger partial charge in [0.1, 0.15) is 54.0 Å². The number of aliphatic hydroxyl groups excluding tert-OH is 3. The van der Waals surface area contributed by atoms with Crippen LogP contribution in [0.3, 0.4) is 0 Å². The third-order valence-electron chi connectivity index (χ3n) is 5.92. The minimum absolute atomic E-state index is 0.0138. The molecule has 1 aliphatic rings. The monoisotopic (exact) mass is 504 g/mol. The maximum absolute atomic E-state index is 13.1. The Hall–Kier alpha value is -3.84. The van der Waals surface area contributed by atoms with E-state index >= 15 is 0 Å². The van der Waals surface area contributed by atoms with E-state index in [1.165, 1.54) is 24.3 Å². The largest absolute Gasteiger partial charge is 0.508 e. The number of esters is 1. The van der Waals surface area contributed by atoms with Gasteiger partial charge >= 0.3 is 5.97 Å². The summed E-state index contributed by atoms with van der Waals surface area (Å²) in [6.07, 6.45) is -8.29. The van der Waals surface area contributed by atoms with Crippen LogP contribution in [0.15, 0.2) is 39.5 Å². The smallest absolute Gasteiger partial charge is 0.302 e. The predicted octanol–water partition coefficient (Wildman–Crippen LogP) is 0.671.